The zero-order chi connectivity index (χ0) is 18.8. The van der Waals surface area contributed by atoms with E-state index in [1.807, 2.05) is 45.0 Å². The lowest BCUT2D eigenvalue weighted by atomic mass is 10.1. The molecule has 1 amide bonds. The molecule has 0 fully saturated rings. The van der Waals surface area contributed by atoms with E-state index in [1.165, 1.54) is 0 Å². The predicted molar refractivity (Wildman–Crippen MR) is 97.9 cm³/mol. The molecule has 3 rings (SSSR count). The van der Waals surface area contributed by atoms with Gasteiger partial charge in [0.2, 0.25) is 0 Å². The number of hydrogen-bond donors (Lipinski definition) is 1. The second-order valence-electron chi connectivity index (χ2n) is 6.14. The zero-order valence-electron chi connectivity index (χ0n) is 15.5. The van der Waals surface area contributed by atoms with E-state index < -0.39 is 0 Å². The average Bonchev–Trinajstić information content (AvgIpc) is 3.05. The summed E-state index contributed by atoms with van der Waals surface area (Å²) in [4.78, 5) is 17.3. The fourth-order valence-corrected chi connectivity index (χ4v) is 2.96. The molecule has 0 aliphatic heterocycles. The molecule has 1 atom stereocenters. The first kappa shape index (κ1) is 17.7. The Bertz CT molecular complexity index is 965. The minimum absolute atomic E-state index is 0.241. The van der Waals surface area contributed by atoms with Crippen LogP contribution in [0.4, 0.5) is 0 Å². The summed E-state index contributed by atoms with van der Waals surface area (Å²) in [6.07, 6.45) is 1.54. The highest BCUT2D eigenvalue weighted by Crippen LogP contribution is 2.29. The van der Waals surface area contributed by atoms with Crippen molar-refractivity contribution in [1.82, 2.24) is 19.9 Å². The summed E-state index contributed by atoms with van der Waals surface area (Å²) in [7, 11) is 3.20. The van der Waals surface area contributed by atoms with Crippen molar-refractivity contribution in [3.05, 3.63) is 53.0 Å². The number of methoxy groups -OCH3 is 2. The highest BCUT2D eigenvalue weighted by atomic mass is 16.5. The third-order valence-electron chi connectivity index (χ3n) is 4.27. The van der Waals surface area contributed by atoms with E-state index >= 15 is 0 Å². The number of benzene rings is 1. The van der Waals surface area contributed by atoms with Gasteiger partial charge in [0.15, 0.2) is 5.65 Å². The van der Waals surface area contributed by atoms with Crippen molar-refractivity contribution in [2.75, 3.05) is 14.2 Å². The van der Waals surface area contributed by atoms with Crippen LogP contribution < -0.4 is 14.8 Å². The summed E-state index contributed by atoms with van der Waals surface area (Å²) in [5.41, 5.74) is 3.58. The Morgan fingerprint density at radius 2 is 1.96 bits per heavy atom. The van der Waals surface area contributed by atoms with Crippen molar-refractivity contribution in [1.29, 1.82) is 0 Å². The monoisotopic (exact) mass is 354 g/mol. The quantitative estimate of drug-likeness (QED) is 0.762. The Morgan fingerprint density at radius 3 is 2.65 bits per heavy atom. The van der Waals surface area contributed by atoms with Crippen molar-refractivity contribution in [3.8, 4) is 11.5 Å². The van der Waals surface area contributed by atoms with E-state index in [0.29, 0.717) is 22.7 Å². The highest BCUT2D eigenvalue weighted by Gasteiger charge is 2.20. The summed E-state index contributed by atoms with van der Waals surface area (Å²) in [5.74, 6) is 1.14. The molecule has 7 heteroatoms. The first-order chi connectivity index (χ1) is 12.4. The molecule has 0 bridgehead atoms. The maximum atomic E-state index is 12.8. The summed E-state index contributed by atoms with van der Waals surface area (Å²) in [6.45, 7) is 5.72. The van der Waals surface area contributed by atoms with Gasteiger partial charge in [-0.2, -0.15) is 5.10 Å². The van der Waals surface area contributed by atoms with Crippen molar-refractivity contribution >= 4 is 11.6 Å². The van der Waals surface area contributed by atoms with Crippen LogP contribution >= 0.6 is 0 Å². The number of hydrogen-bond acceptors (Lipinski definition) is 5. The van der Waals surface area contributed by atoms with Crippen LogP contribution in [0.2, 0.25) is 0 Å². The average molecular weight is 354 g/mol. The maximum absolute atomic E-state index is 12.8. The summed E-state index contributed by atoms with van der Waals surface area (Å²) < 4.78 is 12.3. The molecule has 7 nitrogen and oxygen atoms in total. The number of nitrogens with zero attached hydrogens (tertiary/aromatic N) is 3. The molecule has 0 saturated heterocycles. The predicted octanol–water partition coefficient (Wildman–Crippen LogP) is 2.85. The topological polar surface area (TPSA) is 77.8 Å². The second kappa shape index (κ2) is 7.03. The second-order valence-corrected chi connectivity index (χ2v) is 6.14. The number of aromatic nitrogens is 3. The molecular formula is C19H22N4O3. The van der Waals surface area contributed by atoms with E-state index in [0.717, 1.165) is 17.0 Å². The molecule has 0 spiro atoms. The van der Waals surface area contributed by atoms with Crippen LogP contribution in [0.5, 0.6) is 11.5 Å². The first-order valence-electron chi connectivity index (χ1n) is 8.29. The van der Waals surface area contributed by atoms with E-state index in [4.69, 9.17) is 9.47 Å². The Morgan fingerprint density at radius 1 is 1.19 bits per heavy atom. The summed E-state index contributed by atoms with van der Waals surface area (Å²) in [6, 6.07) is 7.13. The van der Waals surface area contributed by atoms with E-state index in [-0.39, 0.29) is 11.9 Å². The summed E-state index contributed by atoms with van der Waals surface area (Å²) >= 11 is 0. The molecule has 3 aromatic rings. The van der Waals surface area contributed by atoms with Crippen LogP contribution in [0.3, 0.4) is 0 Å². The van der Waals surface area contributed by atoms with Gasteiger partial charge in [-0.15, -0.1) is 0 Å². The lowest BCUT2D eigenvalue weighted by molar-refractivity contribution is 0.0941. The Kier molecular flexibility index (Phi) is 4.79. The fourth-order valence-electron chi connectivity index (χ4n) is 2.96. The molecule has 0 radical (unpaired) electrons. The van der Waals surface area contributed by atoms with Gasteiger partial charge in [0, 0.05) is 17.0 Å². The van der Waals surface area contributed by atoms with Gasteiger partial charge in [-0.05, 0) is 45.0 Å². The standard InChI is InChI=1S/C19H22N4O3/c1-11-8-12(2)23-18(21-11)16(10-20-23)19(24)22-13(3)15-9-14(25-4)6-7-17(15)26-5/h6-10,13H,1-5H3,(H,22,24). The molecule has 0 saturated carbocycles. The minimum atomic E-state index is -0.284. The van der Waals surface area contributed by atoms with Crippen LogP contribution in [0.25, 0.3) is 5.65 Å². The molecule has 0 aliphatic rings. The minimum Gasteiger partial charge on any atom is -0.497 e. The van der Waals surface area contributed by atoms with Crippen molar-refractivity contribution in [2.24, 2.45) is 0 Å². The van der Waals surface area contributed by atoms with E-state index in [9.17, 15) is 4.79 Å². The number of carbonyl (C=O) groups is 1. The van der Waals surface area contributed by atoms with E-state index in [1.54, 1.807) is 24.9 Å². The smallest absolute Gasteiger partial charge is 0.257 e. The number of fused-ring (bicyclic) bond motifs is 1. The molecule has 26 heavy (non-hydrogen) atoms. The molecule has 1 unspecified atom stereocenters. The molecule has 1 N–H and O–H groups in total. The van der Waals surface area contributed by atoms with Gasteiger partial charge >= 0.3 is 0 Å². The fraction of sp³-hybridized carbons (Fsp3) is 0.316. The van der Waals surface area contributed by atoms with Crippen LogP contribution in [0.1, 0.15) is 40.3 Å². The molecule has 2 heterocycles. The van der Waals surface area contributed by atoms with Gasteiger partial charge in [-0.1, -0.05) is 0 Å². The molecular weight excluding hydrogens is 332 g/mol. The first-order valence-corrected chi connectivity index (χ1v) is 8.29. The van der Waals surface area contributed by atoms with Gasteiger partial charge in [0.25, 0.3) is 5.91 Å². The zero-order valence-corrected chi connectivity index (χ0v) is 15.5. The van der Waals surface area contributed by atoms with Crippen LogP contribution in [-0.2, 0) is 0 Å². The van der Waals surface area contributed by atoms with Gasteiger partial charge < -0.3 is 14.8 Å². The maximum Gasteiger partial charge on any atom is 0.257 e. The van der Waals surface area contributed by atoms with Gasteiger partial charge in [0.05, 0.1) is 26.5 Å². The third-order valence-corrected chi connectivity index (χ3v) is 4.27. The number of rotatable bonds is 5. The molecule has 1 aromatic carbocycles. The SMILES string of the molecule is COc1ccc(OC)c(C(C)NC(=O)c2cnn3c(C)cc(C)nc23)c1. The van der Waals surface area contributed by atoms with Crippen LogP contribution in [0, 0.1) is 13.8 Å². The lowest BCUT2D eigenvalue weighted by Crippen LogP contribution is -2.27. The summed E-state index contributed by atoms with van der Waals surface area (Å²) in [5, 5.41) is 7.26. The van der Waals surface area contributed by atoms with Crippen LogP contribution in [-0.4, -0.2) is 34.7 Å². The Hall–Kier alpha value is -3.09. The van der Waals surface area contributed by atoms with Gasteiger partial charge in [-0.25, -0.2) is 9.50 Å². The number of aryl methyl sites for hydroxylation is 2. The lowest BCUT2D eigenvalue weighted by Gasteiger charge is -2.18. The normalized spacial score (nSPS) is 12.0. The largest absolute Gasteiger partial charge is 0.497 e. The number of amides is 1. The Balaban J connectivity index is 1.91. The van der Waals surface area contributed by atoms with Gasteiger partial charge in [0.1, 0.15) is 17.1 Å². The third kappa shape index (κ3) is 3.20. The number of ether oxygens (including phenoxy) is 2. The van der Waals surface area contributed by atoms with Crippen molar-refractivity contribution < 1.29 is 14.3 Å². The number of nitrogens with one attached hydrogen (secondary N) is 1. The molecule has 136 valence electrons. The molecule has 0 aliphatic carbocycles. The van der Waals surface area contributed by atoms with Crippen molar-refractivity contribution in [3.63, 3.8) is 0 Å². The van der Waals surface area contributed by atoms with E-state index in [2.05, 4.69) is 15.4 Å². The van der Waals surface area contributed by atoms with Crippen molar-refractivity contribution in [2.45, 2.75) is 26.8 Å². The van der Waals surface area contributed by atoms with Crippen LogP contribution in [0.15, 0.2) is 30.5 Å². The van der Waals surface area contributed by atoms with Gasteiger partial charge in [-0.3, -0.25) is 4.79 Å². The number of carbonyl (C=O) groups excluding carboxylic acids is 1. The molecule has 2 aromatic heterocycles. The Labute approximate surface area is 152 Å². The highest BCUT2D eigenvalue weighted by molar-refractivity contribution is 5.99.